The fourth-order valence-corrected chi connectivity index (χ4v) is 2.82. The Morgan fingerprint density at radius 2 is 1.43 bits per heavy atom. The van der Waals surface area contributed by atoms with Gasteiger partial charge in [-0.2, -0.15) is 0 Å². The minimum atomic E-state index is -1.63. The van der Waals surface area contributed by atoms with Gasteiger partial charge in [0.05, 0.1) is 19.0 Å². The number of carboxylic acids is 1. The van der Waals surface area contributed by atoms with E-state index in [0.29, 0.717) is 5.69 Å². The summed E-state index contributed by atoms with van der Waals surface area (Å²) in [4.78, 5) is 77.8. The summed E-state index contributed by atoms with van der Waals surface area (Å²) in [6.45, 7) is -0.897. The molecule has 0 saturated heterocycles. The van der Waals surface area contributed by atoms with Crippen molar-refractivity contribution in [1.29, 1.82) is 0 Å². The summed E-state index contributed by atoms with van der Waals surface area (Å²) in [5.74, 6) is -5.56. The molecule has 0 aliphatic heterocycles. The topological polar surface area (TPSA) is 286 Å². The molecule has 1 rings (SSSR count). The highest BCUT2D eigenvalue weighted by atomic mass is 16.4. The van der Waals surface area contributed by atoms with E-state index in [1.54, 1.807) is 0 Å². The number of imidazole rings is 1. The third kappa shape index (κ3) is 10.6. The quantitative estimate of drug-likeness (QED) is 0.105. The fourth-order valence-electron chi connectivity index (χ4n) is 2.82. The molecule has 0 saturated carbocycles. The Kier molecular flexibility index (Phi) is 11.8. The van der Waals surface area contributed by atoms with Crippen molar-refractivity contribution in [1.82, 2.24) is 25.9 Å². The first-order valence-corrected chi connectivity index (χ1v) is 10.5. The predicted molar refractivity (Wildman–Crippen MR) is 118 cm³/mol. The molecule has 0 aliphatic carbocycles. The third-order valence-corrected chi connectivity index (χ3v) is 4.76. The molecule has 35 heavy (non-hydrogen) atoms. The van der Waals surface area contributed by atoms with Crippen molar-refractivity contribution in [2.24, 2.45) is 17.2 Å². The van der Waals surface area contributed by atoms with Crippen molar-refractivity contribution in [3.63, 3.8) is 0 Å². The van der Waals surface area contributed by atoms with Crippen molar-refractivity contribution in [3.05, 3.63) is 18.2 Å². The van der Waals surface area contributed by atoms with E-state index in [-0.39, 0.29) is 32.1 Å². The number of primary amides is 2. The number of nitrogens with one attached hydrogen (secondary N) is 4. The molecule has 16 nitrogen and oxygen atoms in total. The second-order valence-electron chi connectivity index (χ2n) is 7.60. The average Bonchev–Trinajstić information content (AvgIpc) is 3.30. The first kappa shape index (κ1) is 29.0. The maximum Gasteiger partial charge on any atom is 0.328 e. The number of aliphatic carboxylic acids is 1. The number of aliphatic hydroxyl groups is 1. The number of hydrogen-bond acceptors (Lipinski definition) is 9. The SMILES string of the molecule is NC(=O)CCC(N)C(=O)NC(CCC(N)=O)C(=O)NC(Cc1cnc[nH]1)C(=O)NC(CO)C(=O)O. The molecular formula is C19H30N8O8. The van der Waals surface area contributed by atoms with Crippen LogP contribution in [0.25, 0.3) is 0 Å². The smallest absolute Gasteiger partial charge is 0.328 e. The Balaban J connectivity index is 3.02. The lowest BCUT2D eigenvalue weighted by Crippen LogP contribution is -2.58. The maximum atomic E-state index is 12.9. The van der Waals surface area contributed by atoms with E-state index in [9.17, 15) is 33.9 Å². The number of nitrogens with zero attached hydrogens (tertiary/aromatic N) is 1. The molecule has 5 amide bonds. The molecule has 1 aromatic heterocycles. The number of aliphatic hydroxyl groups excluding tert-OH is 1. The average molecular weight is 498 g/mol. The fraction of sp³-hybridized carbons (Fsp3) is 0.526. The van der Waals surface area contributed by atoms with Crippen molar-refractivity contribution in [2.75, 3.05) is 6.61 Å². The molecule has 1 aromatic rings. The maximum absolute atomic E-state index is 12.9. The van der Waals surface area contributed by atoms with E-state index < -0.39 is 66.3 Å². The number of carbonyl (C=O) groups excluding carboxylic acids is 5. The largest absolute Gasteiger partial charge is 0.480 e. The van der Waals surface area contributed by atoms with Crippen LogP contribution in [0.5, 0.6) is 0 Å². The van der Waals surface area contributed by atoms with Gasteiger partial charge < -0.3 is 48.3 Å². The Bertz CT molecular complexity index is 907. The molecular weight excluding hydrogens is 468 g/mol. The van der Waals surface area contributed by atoms with Crippen LogP contribution in [0.4, 0.5) is 0 Å². The highest BCUT2D eigenvalue weighted by Gasteiger charge is 2.30. The number of hydrogen-bond donors (Lipinski definition) is 9. The van der Waals surface area contributed by atoms with E-state index in [1.807, 2.05) is 0 Å². The van der Waals surface area contributed by atoms with Crippen LogP contribution in [-0.4, -0.2) is 86.5 Å². The lowest BCUT2D eigenvalue weighted by molar-refractivity contribution is -0.143. The van der Waals surface area contributed by atoms with E-state index in [1.165, 1.54) is 12.5 Å². The number of aromatic nitrogens is 2. The molecule has 0 fully saturated rings. The molecule has 0 radical (unpaired) electrons. The summed E-state index contributed by atoms with van der Waals surface area (Å²) >= 11 is 0. The van der Waals surface area contributed by atoms with Crippen LogP contribution in [0.3, 0.4) is 0 Å². The van der Waals surface area contributed by atoms with Crippen LogP contribution in [-0.2, 0) is 35.2 Å². The van der Waals surface area contributed by atoms with Gasteiger partial charge in [0, 0.05) is 31.2 Å². The van der Waals surface area contributed by atoms with Gasteiger partial charge in [-0.1, -0.05) is 0 Å². The molecule has 4 unspecified atom stereocenters. The van der Waals surface area contributed by atoms with Crippen molar-refractivity contribution < 1.29 is 39.0 Å². The van der Waals surface area contributed by atoms with Gasteiger partial charge in [-0.3, -0.25) is 24.0 Å². The van der Waals surface area contributed by atoms with Crippen molar-refractivity contribution in [2.45, 2.75) is 56.3 Å². The third-order valence-electron chi connectivity index (χ3n) is 4.76. The first-order chi connectivity index (χ1) is 16.4. The number of carboxylic acid groups (broad SMARTS) is 1. The molecule has 4 atom stereocenters. The van der Waals surface area contributed by atoms with E-state index in [0.717, 1.165) is 0 Å². The Labute approximate surface area is 199 Å². The molecule has 0 spiro atoms. The molecule has 0 bridgehead atoms. The normalized spacial score (nSPS) is 14.1. The molecule has 16 heteroatoms. The van der Waals surface area contributed by atoms with Crippen LogP contribution in [0, 0.1) is 0 Å². The summed E-state index contributed by atoms with van der Waals surface area (Å²) in [6, 6.07) is -5.51. The van der Waals surface area contributed by atoms with Gasteiger partial charge in [0.25, 0.3) is 0 Å². The highest BCUT2D eigenvalue weighted by molar-refractivity contribution is 5.94. The zero-order chi connectivity index (χ0) is 26.5. The summed E-state index contributed by atoms with van der Waals surface area (Å²) < 4.78 is 0. The zero-order valence-electron chi connectivity index (χ0n) is 18.7. The molecule has 0 aliphatic rings. The monoisotopic (exact) mass is 498 g/mol. The lowest BCUT2D eigenvalue weighted by atomic mass is 10.1. The summed E-state index contributed by atoms with van der Waals surface area (Å²) in [7, 11) is 0. The molecule has 12 N–H and O–H groups in total. The molecule has 1 heterocycles. The van der Waals surface area contributed by atoms with Crippen LogP contribution in [0.2, 0.25) is 0 Å². The number of nitrogens with two attached hydrogens (primary N) is 3. The number of rotatable bonds is 16. The van der Waals surface area contributed by atoms with Crippen molar-refractivity contribution in [3.8, 4) is 0 Å². The van der Waals surface area contributed by atoms with Crippen LogP contribution in [0.1, 0.15) is 31.4 Å². The summed E-state index contributed by atoms with van der Waals surface area (Å²) in [5, 5.41) is 25.1. The number of carbonyl (C=O) groups is 6. The second kappa shape index (κ2) is 14.3. The van der Waals surface area contributed by atoms with E-state index >= 15 is 0 Å². The molecule has 0 aromatic carbocycles. The number of aromatic amines is 1. The Hall–Kier alpha value is -4.05. The standard InChI is InChI=1S/C19H30N8O8/c20-10(1-3-14(21)29)16(31)25-11(2-4-15(22)30)17(32)26-12(5-9-6-23-8-24-9)18(33)27-13(7-28)19(34)35/h6,8,10-13,28H,1-5,7,20H2,(H2,21,29)(H2,22,30)(H,23,24)(H,25,31)(H,26,32)(H,27,33)(H,34,35). The Morgan fingerprint density at radius 1 is 0.886 bits per heavy atom. The van der Waals surface area contributed by atoms with Gasteiger partial charge in [-0.05, 0) is 12.8 Å². The minimum absolute atomic E-state index is 0.0894. The Morgan fingerprint density at radius 3 is 1.94 bits per heavy atom. The van der Waals surface area contributed by atoms with Gasteiger partial charge >= 0.3 is 5.97 Å². The number of H-pyrrole nitrogens is 1. The van der Waals surface area contributed by atoms with Gasteiger partial charge in [0.15, 0.2) is 0 Å². The summed E-state index contributed by atoms with van der Waals surface area (Å²) in [6.07, 6.45) is 1.76. The number of amides is 5. The van der Waals surface area contributed by atoms with Gasteiger partial charge in [0.1, 0.15) is 18.1 Å². The zero-order valence-corrected chi connectivity index (χ0v) is 18.7. The van der Waals surface area contributed by atoms with Gasteiger partial charge in [-0.15, -0.1) is 0 Å². The van der Waals surface area contributed by atoms with E-state index in [2.05, 4.69) is 25.9 Å². The van der Waals surface area contributed by atoms with Gasteiger partial charge in [0.2, 0.25) is 29.5 Å². The van der Waals surface area contributed by atoms with Gasteiger partial charge in [-0.25, -0.2) is 9.78 Å². The van der Waals surface area contributed by atoms with Crippen LogP contribution < -0.4 is 33.2 Å². The first-order valence-electron chi connectivity index (χ1n) is 10.5. The summed E-state index contributed by atoms with van der Waals surface area (Å²) in [5.41, 5.74) is 16.3. The van der Waals surface area contributed by atoms with Crippen molar-refractivity contribution >= 4 is 35.5 Å². The van der Waals surface area contributed by atoms with E-state index in [4.69, 9.17) is 22.3 Å². The minimum Gasteiger partial charge on any atom is -0.480 e. The second-order valence-corrected chi connectivity index (χ2v) is 7.60. The van der Waals surface area contributed by atoms with Crippen LogP contribution in [0.15, 0.2) is 12.5 Å². The predicted octanol–water partition coefficient (Wildman–Crippen LogP) is -4.66. The highest BCUT2D eigenvalue weighted by Crippen LogP contribution is 2.05. The lowest BCUT2D eigenvalue weighted by Gasteiger charge is -2.24. The van der Waals surface area contributed by atoms with Crippen LogP contribution >= 0.6 is 0 Å². The molecule has 194 valence electrons.